The molecule has 5 rings (SSSR count). The molecule has 0 saturated carbocycles. The van der Waals surface area contributed by atoms with Gasteiger partial charge in [0.25, 0.3) is 0 Å². The van der Waals surface area contributed by atoms with Crippen LogP contribution in [-0.2, 0) is 19.3 Å². The summed E-state index contributed by atoms with van der Waals surface area (Å²) in [5.41, 5.74) is 4.26. The maximum atomic E-state index is 14.0. The molecule has 1 saturated heterocycles. The van der Waals surface area contributed by atoms with Crippen molar-refractivity contribution in [2.45, 2.75) is 45.6 Å². The maximum Gasteiger partial charge on any atom is 0.416 e. The highest BCUT2D eigenvalue weighted by Crippen LogP contribution is 2.41. The highest BCUT2D eigenvalue weighted by Gasteiger charge is 2.41. The molecule has 2 heterocycles. The standard InChI is InChI=1S/C29H30F3N3O2/c1-19-8-6-9-20(2)26(19)33-15-14-23(18-33)34-17-22-11-7-13-25(37-3)27(22)35(28(34)36)16-21-10-4-5-12-24(21)29(30,31)32/h4-13,23H,14-18H2,1-3H3/t23-/m1/s1. The highest BCUT2D eigenvalue weighted by molar-refractivity contribution is 5.97. The summed E-state index contributed by atoms with van der Waals surface area (Å²) in [5.74, 6) is 0.471. The van der Waals surface area contributed by atoms with E-state index < -0.39 is 11.7 Å². The Hall–Kier alpha value is -3.68. The lowest BCUT2D eigenvalue weighted by molar-refractivity contribution is -0.138. The van der Waals surface area contributed by atoms with Crippen LogP contribution in [0.2, 0.25) is 0 Å². The molecule has 0 radical (unpaired) electrons. The topological polar surface area (TPSA) is 36.0 Å². The summed E-state index contributed by atoms with van der Waals surface area (Å²) in [7, 11) is 1.51. The highest BCUT2D eigenvalue weighted by atomic mass is 19.4. The smallest absolute Gasteiger partial charge is 0.416 e. The van der Waals surface area contributed by atoms with Gasteiger partial charge in [-0.2, -0.15) is 13.2 Å². The van der Waals surface area contributed by atoms with Gasteiger partial charge < -0.3 is 14.5 Å². The molecule has 8 heteroatoms. The fourth-order valence-electron chi connectivity index (χ4n) is 5.71. The van der Waals surface area contributed by atoms with Crippen molar-refractivity contribution in [2.24, 2.45) is 0 Å². The largest absolute Gasteiger partial charge is 0.495 e. The molecule has 0 unspecified atom stereocenters. The second-order valence-corrected chi connectivity index (χ2v) is 9.75. The van der Waals surface area contributed by atoms with Crippen molar-refractivity contribution >= 4 is 17.4 Å². The Kier molecular flexibility index (Phi) is 6.52. The molecule has 2 aliphatic heterocycles. The van der Waals surface area contributed by atoms with Gasteiger partial charge in [-0.05, 0) is 54.7 Å². The first kappa shape index (κ1) is 25.0. The lowest BCUT2D eigenvalue weighted by Crippen LogP contribution is -2.52. The van der Waals surface area contributed by atoms with Gasteiger partial charge in [-0.1, -0.05) is 48.5 Å². The molecule has 2 amide bonds. The number of ether oxygens (including phenoxy) is 1. The number of amides is 2. The number of nitrogens with zero attached hydrogens (tertiary/aromatic N) is 3. The quantitative estimate of drug-likeness (QED) is 0.391. The Morgan fingerprint density at radius 3 is 2.35 bits per heavy atom. The van der Waals surface area contributed by atoms with E-state index in [4.69, 9.17) is 4.74 Å². The molecule has 3 aromatic rings. The first-order valence-corrected chi connectivity index (χ1v) is 12.4. The molecule has 0 aliphatic carbocycles. The number of hydrogen-bond acceptors (Lipinski definition) is 3. The number of benzene rings is 3. The van der Waals surface area contributed by atoms with E-state index in [-0.39, 0.29) is 24.2 Å². The molecule has 0 bridgehead atoms. The third-order valence-electron chi connectivity index (χ3n) is 7.40. The molecular formula is C29H30F3N3O2. The molecule has 194 valence electrons. The van der Waals surface area contributed by atoms with Gasteiger partial charge in [0, 0.05) is 25.3 Å². The maximum absolute atomic E-state index is 14.0. The molecule has 1 atom stereocenters. The lowest BCUT2D eigenvalue weighted by Gasteiger charge is -2.41. The summed E-state index contributed by atoms with van der Waals surface area (Å²) in [5, 5.41) is 0. The summed E-state index contributed by atoms with van der Waals surface area (Å²) in [6, 6.07) is 16.8. The van der Waals surface area contributed by atoms with Crippen LogP contribution in [0.3, 0.4) is 0 Å². The normalized spacial score (nSPS) is 17.8. The van der Waals surface area contributed by atoms with E-state index in [1.165, 1.54) is 41.0 Å². The summed E-state index contributed by atoms with van der Waals surface area (Å²) in [6.07, 6.45) is -3.73. The number of rotatable bonds is 5. The third kappa shape index (κ3) is 4.61. The summed E-state index contributed by atoms with van der Waals surface area (Å²) in [4.78, 5) is 19.6. The van der Waals surface area contributed by atoms with E-state index in [0.717, 1.165) is 24.6 Å². The number of para-hydroxylation sites is 2. The molecule has 5 nitrogen and oxygen atoms in total. The number of urea groups is 1. The molecule has 0 spiro atoms. The SMILES string of the molecule is COc1cccc2c1N(Cc1ccccc1C(F)(F)F)C(=O)N([C@@H]1CCN(c3c(C)cccc3C)C1)C2. The van der Waals surface area contributed by atoms with Crippen LogP contribution in [-0.4, -0.2) is 37.2 Å². The van der Waals surface area contributed by atoms with Gasteiger partial charge in [0.05, 0.1) is 30.9 Å². The van der Waals surface area contributed by atoms with Gasteiger partial charge in [-0.3, -0.25) is 4.90 Å². The van der Waals surface area contributed by atoms with Crippen molar-refractivity contribution in [1.82, 2.24) is 4.90 Å². The van der Waals surface area contributed by atoms with Gasteiger partial charge in [0.15, 0.2) is 0 Å². The summed E-state index contributed by atoms with van der Waals surface area (Å²) < 4.78 is 46.9. The number of carbonyl (C=O) groups is 1. The van der Waals surface area contributed by atoms with Crippen LogP contribution in [0.5, 0.6) is 5.75 Å². The van der Waals surface area contributed by atoms with Crippen molar-refractivity contribution in [3.05, 3.63) is 88.5 Å². The first-order chi connectivity index (χ1) is 17.7. The summed E-state index contributed by atoms with van der Waals surface area (Å²) >= 11 is 0. The second-order valence-electron chi connectivity index (χ2n) is 9.75. The Morgan fingerprint density at radius 2 is 1.65 bits per heavy atom. The molecule has 0 aromatic heterocycles. The van der Waals surface area contributed by atoms with Crippen LogP contribution in [0.1, 0.15) is 34.2 Å². The monoisotopic (exact) mass is 509 g/mol. The Labute approximate surface area is 215 Å². The fraction of sp³-hybridized carbons (Fsp3) is 0.345. The van der Waals surface area contributed by atoms with Gasteiger partial charge >= 0.3 is 12.2 Å². The molecule has 0 N–H and O–H groups in total. The van der Waals surface area contributed by atoms with E-state index in [2.05, 4.69) is 30.9 Å². The number of hydrogen-bond donors (Lipinski definition) is 0. The number of aryl methyl sites for hydroxylation is 2. The predicted molar refractivity (Wildman–Crippen MR) is 138 cm³/mol. The van der Waals surface area contributed by atoms with Crippen LogP contribution in [0.15, 0.2) is 60.7 Å². The van der Waals surface area contributed by atoms with Crippen LogP contribution in [0.4, 0.5) is 29.3 Å². The number of anilines is 2. The van der Waals surface area contributed by atoms with Crippen LogP contribution in [0.25, 0.3) is 0 Å². The first-order valence-electron chi connectivity index (χ1n) is 12.4. The van der Waals surface area contributed by atoms with Crippen molar-refractivity contribution in [1.29, 1.82) is 0 Å². The van der Waals surface area contributed by atoms with Gasteiger partial charge in [0.2, 0.25) is 0 Å². The molecular weight excluding hydrogens is 479 g/mol. The lowest BCUT2D eigenvalue weighted by atomic mass is 10.0. The van der Waals surface area contributed by atoms with Gasteiger partial charge in [-0.25, -0.2) is 4.79 Å². The second kappa shape index (κ2) is 9.65. The van der Waals surface area contributed by atoms with Crippen LogP contribution >= 0.6 is 0 Å². The van der Waals surface area contributed by atoms with Crippen LogP contribution in [0, 0.1) is 13.8 Å². The molecule has 2 aliphatic rings. The zero-order valence-electron chi connectivity index (χ0n) is 21.2. The van der Waals surface area contributed by atoms with Gasteiger partial charge in [-0.15, -0.1) is 0 Å². The van der Waals surface area contributed by atoms with Gasteiger partial charge in [0.1, 0.15) is 5.75 Å². The number of alkyl halides is 3. The Morgan fingerprint density at radius 1 is 0.946 bits per heavy atom. The fourth-order valence-corrected chi connectivity index (χ4v) is 5.71. The Balaban J connectivity index is 1.50. The van der Waals surface area contributed by atoms with E-state index in [1.54, 1.807) is 12.1 Å². The third-order valence-corrected chi connectivity index (χ3v) is 7.40. The molecule has 37 heavy (non-hydrogen) atoms. The minimum absolute atomic E-state index is 0.0469. The van der Waals surface area contributed by atoms with E-state index in [1.807, 2.05) is 23.1 Å². The predicted octanol–water partition coefficient (Wildman–Crippen LogP) is 6.55. The summed E-state index contributed by atoms with van der Waals surface area (Å²) in [6.45, 7) is 5.83. The van der Waals surface area contributed by atoms with E-state index >= 15 is 0 Å². The Bertz CT molecular complexity index is 1300. The van der Waals surface area contributed by atoms with Crippen molar-refractivity contribution in [3.8, 4) is 5.75 Å². The minimum Gasteiger partial charge on any atom is -0.495 e. The van der Waals surface area contributed by atoms with Crippen molar-refractivity contribution in [3.63, 3.8) is 0 Å². The van der Waals surface area contributed by atoms with Crippen molar-refractivity contribution in [2.75, 3.05) is 30.0 Å². The minimum atomic E-state index is -4.52. The number of carbonyl (C=O) groups excluding carboxylic acids is 1. The number of methoxy groups -OCH3 is 1. The van der Waals surface area contributed by atoms with E-state index in [9.17, 15) is 18.0 Å². The number of fused-ring (bicyclic) bond motifs is 1. The zero-order chi connectivity index (χ0) is 26.3. The number of halogens is 3. The van der Waals surface area contributed by atoms with Crippen LogP contribution < -0.4 is 14.5 Å². The van der Waals surface area contributed by atoms with Crippen molar-refractivity contribution < 1.29 is 22.7 Å². The van der Waals surface area contributed by atoms with E-state index in [0.29, 0.717) is 24.5 Å². The molecule has 1 fully saturated rings. The average Bonchev–Trinajstić information content (AvgIpc) is 3.34. The molecule has 3 aromatic carbocycles. The zero-order valence-corrected chi connectivity index (χ0v) is 21.2. The average molecular weight is 510 g/mol.